The van der Waals surface area contributed by atoms with Gasteiger partial charge >= 0.3 is 6.36 Å². The fourth-order valence-electron chi connectivity index (χ4n) is 2.45. The Hall–Kier alpha value is -1.84. The van der Waals surface area contributed by atoms with Gasteiger partial charge in [-0.25, -0.2) is 0 Å². The lowest BCUT2D eigenvalue weighted by Crippen LogP contribution is -2.38. The molecule has 9 heteroatoms. The molecule has 6 nitrogen and oxygen atoms in total. The number of rotatable bonds is 8. The Morgan fingerprint density at radius 3 is 2.65 bits per heavy atom. The predicted octanol–water partition coefficient (Wildman–Crippen LogP) is 2.32. The molecule has 3 atom stereocenters. The average molecular weight is 377 g/mol. The summed E-state index contributed by atoms with van der Waals surface area (Å²) in [5.41, 5.74) is 0.354. The van der Waals surface area contributed by atoms with E-state index in [1.165, 1.54) is 12.1 Å². The summed E-state index contributed by atoms with van der Waals surface area (Å²) in [6.07, 6.45) is -4.64. The third-order valence-corrected chi connectivity index (χ3v) is 3.89. The second kappa shape index (κ2) is 9.20. The smallest absolute Gasteiger partial charge is 0.406 e. The summed E-state index contributed by atoms with van der Waals surface area (Å²) in [6, 6.07) is 4.80. The first-order chi connectivity index (χ1) is 12.2. The number of carbonyl (C=O) groups excluding carboxylic acids is 1. The van der Waals surface area contributed by atoms with Crippen molar-refractivity contribution in [3.05, 3.63) is 29.8 Å². The highest BCUT2D eigenvalue weighted by Gasteiger charge is 2.31. The number of hydrogen-bond donors (Lipinski definition) is 2. The second-order valence-corrected chi connectivity index (χ2v) is 5.99. The molecule has 1 heterocycles. The first-order valence-corrected chi connectivity index (χ1v) is 8.29. The molecule has 2 rings (SSSR count). The zero-order valence-corrected chi connectivity index (χ0v) is 14.3. The number of aliphatic hydroxyl groups excluding tert-OH is 1. The molecular weight excluding hydrogens is 355 g/mol. The molecule has 1 aliphatic rings. The van der Waals surface area contributed by atoms with Gasteiger partial charge in [0.15, 0.2) is 0 Å². The van der Waals surface area contributed by atoms with Crippen molar-refractivity contribution in [3.63, 3.8) is 0 Å². The number of nitrogens with one attached hydrogen (secondary N) is 1. The second-order valence-electron chi connectivity index (χ2n) is 5.99. The molecule has 0 aliphatic carbocycles. The normalized spacial score (nSPS) is 19.8. The van der Waals surface area contributed by atoms with E-state index in [0.29, 0.717) is 18.8 Å². The molecule has 0 aromatic heterocycles. The zero-order valence-electron chi connectivity index (χ0n) is 14.3. The van der Waals surface area contributed by atoms with Gasteiger partial charge in [-0.1, -0.05) is 12.1 Å². The topological polar surface area (TPSA) is 77.0 Å². The van der Waals surface area contributed by atoms with Gasteiger partial charge < -0.3 is 24.6 Å². The van der Waals surface area contributed by atoms with Gasteiger partial charge in [-0.2, -0.15) is 0 Å². The number of benzene rings is 1. The summed E-state index contributed by atoms with van der Waals surface area (Å²) in [5.74, 6) is -0.771. The van der Waals surface area contributed by atoms with Crippen molar-refractivity contribution in [2.75, 3.05) is 19.8 Å². The van der Waals surface area contributed by atoms with Crippen LogP contribution in [0.15, 0.2) is 24.3 Å². The Balaban J connectivity index is 1.74. The summed E-state index contributed by atoms with van der Waals surface area (Å²) in [4.78, 5) is 12.0. The van der Waals surface area contributed by atoms with Crippen LogP contribution in [0.25, 0.3) is 0 Å². The number of alkyl halides is 3. The molecule has 0 bridgehead atoms. The molecule has 1 aliphatic heterocycles. The van der Waals surface area contributed by atoms with Crippen LogP contribution in [0.4, 0.5) is 13.2 Å². The predicted molar refractivity (Wildman–Crippen MR) is 85.5 cm³/mol. The van der Waals surface area contributed by atoms with Gasteiger partial charge in [0.2, 0.25) is 5.91 Å². The van der Waals surface area contributed by atoms with E-state index < -0.39 is 18.6 Å². The number of carbonyl (C=O) groups is 1. The molecule has 146 valence electrons. The van der Waals surface area contributed by atoms with Crippen molar-refractivity contribution >= 4 is 5.91 Å². The molecule has 1 aromatic rings. The highest BCUT2D eigenvalue weighted by Crippen LogP contribution is 2.24. The quantitative estimate of drug-likeness (QED) is 0.727. The minimum absolute atomic E-state index is 0.00766. The molecule has 1 amide bonds. The molecule has 1 saturated heterocycles. The standard InChI is InChI=1S/C17H22F3NO5/c1-11(25-10-14-3-2-8-24-14)16(23)21-9-15(22)12-4-6-13(7-5-12)26-17(18,19)20/h4-7,11,14-15,22H,2-3,8-10H2,1H3,(H,21,23). The van der Waals surface area contributed by atoms with Crippen LogP contribution in [-0.4, -0.2) is 49.3 Å². The van der Waals surface area contributed by atoms with Crippen molar-refractivity contribution in [2.24, 2.45) is 0 Å². The summed E-state index contributed by atoms with van der Waals surface area (Å²) in [6.45, 7) is 2.54. The Morgan fingerprint density at radius 1 is 1.38 bits per heavy atom. The maximum atomic E-state index is 12.1. The van der Waals surface area contributed by atoms with Crippen LogP contribution in [0.5, 0.6) is 5.75 Å². The Labute approximate surface area is 149 Å². The maximum absolute atomic E-state index is 12.1. The molecule has 1 aromatic carbocycles. The molecule has 0 spiro atoms. The van der Waals surface area contributed by atoms with Gasteiger partial charge in [0.05, 0.1) is 18.8 Å². The molecule has 26 heavy (non-hydrogen) atoms. The van der Waals surface area contributed by atoms with E-state index in [9.17, 15) is 23.1 Å². The summed E-state index contributed by atoms with van der Waals surface area (Å²) in [7, 11) is 0. The van der Waals surface area contributed by atoms with Gasteiger partial charge in [0.25, 0.3) is 0 Å². The van der Waals surface area contributed by atoms with E-state index in [1.807, 2.05) is 0 Å². The highest BCUT2D eigenvalue weighted by molar-refractivity contribution is 5.80. The number of halogens is 3. The maximum Gasteiger partial charge on any atom is 0.573 e. The lowest BCUT2D eigenvalue weighted by molar-refractivity contribution is -0.274. The Kier molecular flexibility index (Phi) is 7.24. The monoisotopic (exact) mass is 377 g/mol. The van der Waals surface area contributed by atoms with Crippen LogP contribution in [0.3, 0.4) is 0 Å². The van der Waals surface area contributed by atoms with Crippen LogP contribution in [0.1, 0.15) is 31.4 Å². The SMILES string of the molecule is CC(OCC1CCCO1)C(=O)NCC(O)c1ccc(OC(F)(F)F)cc1. The van der Waals surface area contributed by atoms with Gasteiger partial charge in [-0.15, -0.1) is 13.2 Å². The summed E-state index contributed by atoms with van der Waals surface area (Å²) >= 11 is 0. The summed E-state index contributed by atoms with van der Waals surface area (Å²) < 4.78 is 50.9. The van der Waals surface area contributed by atoms with Crippen LogP contribution in [0, 0.1) is 0 Å². The van der Waals surface area contributed by atoms with Gasteiger partial charge in [-0.3, -0.25) is 4.79 Å². The lowest BCUT2D eigenvalue weighted by atomic mass is 10.1. The molecule has 2 N–H and O–H groups in total. The van der Waals surface area contributed by atoms with E-state index in [-0.39, 0.29) is 24.3 Å². The zero-order chi connectivity index (χ0) is 19.2. The molecule has 1 fully saturated rings. The summed E-state index contributed by atoms with van der Waals surface area (Å²) in [5, 5.41) is 12.6. The van der Waals surface area contributed by atoms with Crippen molar-refractivity contribution in [1.29, 1.82) is 0 Å². The van der Waals surface area contributed by atoms with E-state index in [2.05, 4.69) is 10.1 Å². The van der Waals surface area contributed by atoms with E-state index in [1.54, 1.807) is 6.92 Å². The number of amides is 1. The highest BCUT2D eigenvalue weighted by atomic mass is 19.4. The number of ether oxygens (including phenoxy) is 3. The third-order valence-electron chi connectivity index (χ3n) is 3.89. The van der Waals surface area contributed by atoms with E-state index in [4.69, 9.17) is 9.47 Å². The molecule has 0 saturated carbocycles. The third kappa shape index (κ3) is 6.81. The van der Waals surface area contributed by atoms with Crippen LogP contribution < -0.4 is 10.1 Å². The van der Waals surface area contributed by atoms with Crippen molar-refractivity contribution in [1.82, 2.24) is 5.32 Å². The van der Waals surface area contributed by atoms with Crippen molar-refractivity contribution < 1.29 is 37.3 Å². The van der Waals surface area contributed by atoms with Crippen LogP contribution in [-0.2, 0) is 14.3 Å². The molecule has 0 radical (unpaired) electrons. The number of hydrogen-bond acceptors (Lipinski definition) is 5. The first kappa shape index (κ1) is 20.5. The lowest BCUT2D eigenvalue weighted by Gasteiger charge is -2.18. The van der Waals surface area contributed by atoms with E-state index in [0.717, 1.165) is 25.0 Å². The van der Waals surface area contributed by atoms with Gasteiger partial charge in [0.1, 0.15) is 11.9 Å². The minimum Gasteiger partial charge on any atom is -0.406 e. The van der Waals surface area contributed by atoms with Gasteiger partial charge in [-0.05, 0) is 37.5 Å². The fraction of sp³-hybridized carbons (Fsp3) is 0.588. The van der Waals surface area contributed by atoms with E-state index >= 15 is 0 Å². The van der Waals surface area contributed by atoms with Crippen molar-refractivity contribution in [2.45, 2.75) is 44.4 Å². The Bertz CT molecular complexity index is 573. The van der Waals surface area contributed by atoms with Gasteiger partial charge in [0, 0.05) is 13.2 Å². The number of aliphatic hydroxyl groups is 1. The first-order valence-electron chi connectivity index (χ1n) is 8.29. The van der Waals surface area contributed by atoms with Crippen LogP contribution in [0.2, 0.25) is 0 Å². The van der Waals surface area contributed by atoms with Crippen molar-refractivity contribution in [3.8, 4) is 5.75 Å². The molecule has 3 unspecified atom stereocenters. The average Bonchev–Trinajstić information content (AvgIpc) is 3.10. The molecular formula is C17H22F3NO5. The largest absolute Gasteiger partial charge is 0.573 e. The Morgan fingerprint density at radius 2 is 2.08 bits per heavy atom. The minimum atomic E-state index is -4.77. The van der Waals surface area contributed by atoms with Crippen LogP contribution >= 0.6 is 0 Å². The fourth-order valence-corrected chi connectivity index (χ4v) is 2.45.